The Morgan fingerprint density at radius 3 is 2.53 bits per heavy atom. The topological polar surface area (TPSA) is 48.7 Å². The van der Waals surface area contributed by atoms with Gasteiger partial charge in [-0.1, -0.05) is 30.3 Å². The van der Waals surface area contributed by atoms with Gasteiger partial charge in [-0.25, -0.2) is 9.38 Å². The van der Waals surface area contributed by atoms with Gasteiger partial charge in [0.2, 0.25) is 5.88 Å². The Hall–Kier alpha value is -2.56. The molecule has 0 unspecified atom stereocenters. The van der Waals surface area contributed by atoms with Crippen LogP contribution in [-0.4, -0.2) is 28.6 Å². The average molecular weight is 255 g/mol. The third kappa shape index (κ3) is 1.89. The van der Waals surface area contributed by atoms with E-state index in [4.69, 9.17) is 9.47 Å². The van der Waals surface area contributed by atoms with Crippen LogP contribution >= 0.6 is 0 Å². The predicted molar refractivity (Wildman–Crippen MR) is 71.5 cm³/mol. The molecule has 0 N–H and O–H groups in total. The summed E-state index contributed by atoms with van der Waals surface area (Å²) in [6.07, 6.45) is 1.77. The van der Waals surface area contributed by atoms with E-state index in [1.54, 1.807) is 20.4 Å². The molecule has 0 radical (unpaired) electrons. The van der Waals surface area contributed by atoms with Gasteiger partial charge >= 0.3 is 6.01 Å². The summed E-state index contributed by atoms with van der Waals surface area (Å²) in [5.41, 5.74) is 1.88. The minimum absolute atomic E-state index is 0.450. The van der Waals surface area contributed by atoms with Gasteiger partial charge in [0.15, 0.2) is 0 Å². The molecule has 0 fully saturated rings. The molecule has 0 saturated carbocycles. The van der Waals surface area contributed by atoms with Crippen molar-refractivity contribution < 1.29 is 9.47 Å². The van der Waals surface area contributed by atoms with Gasteiger partial charge < -0.3 is 9.47 Å². The molecule has 3 rings (SSSR count). The van der Waals surface area contributed by atoms with Crippen LogP contribution < -0.4 is 9.47 Å². The zero-order chi connectivity index (χ0) is 13.2. The number of nitrogens with zero attached hydrogens (tertiary/aromatic N) is 3. The number of aromatic nitrogens is 3. The van der Waals surface area contributed by atoms with E-state index in [0.717, 1.165) is 16.9 Å². The molecule has 2 aromatic heterocycles. The first-order valence-corrected chi connectivity index (χ1v) is 5.85. The molecule has 5 heteroatoms. The summed E-state index contributed by atoms with van der Waals surface area (Å²) in [6.45, 7) is 0. The minimum atomic E-state index is 0.450. The molecule has 0 spiro atoms. The van der Waals surface area contributed by atoms with E-state index in [1.165, 1.54) is 0 Å². The highest BCUT2D eigenvalue weighted by Gasteiger charge is 2.13. The average Bonchev–Trinajstić information content (AvgIpc) is 2.91. The monoisotopic (exact) mass is 255 g/mol. The summed E-state index contributed by atoms with van der Waals surface area (Å²) in [5.74, 6) is 1.30. The molecule has 0 aliphatic heterocycles. The number of fused-ring (bicyclic) bond motifs is 1. The van der Waals surface area contributed by atoms with E-state index in [0.29, 0.717) is 11.9 Å². The highest BCUT2D eigenvalue weighted by molar-refractivity contribution is 5.64. The number of methoxy groups -OCH3 is 2. The van der Waals surface area contributed by atoms with E-state index in [1.807, 2.05) is 40.8 Å². The van der Waals surface area contributed by atoms with Crippen molar-refractivity contribution in [2.75, 3.05) is 14.2 Å². The summed E-state index contributed by atoms with van der Waals surface area (Å²) in [6, 6.07) is 12.2. The lowest BCUT2D eigenvalue weighted by molar-refractivity contribution is 0.349. The lowest BCUT2D eigenvalue weighted by atomic mass is 10.2. The summed E-state index contributed by atoms with van der Waals surface area (Å²) >= 11 is 0. The molecule has 3 aromatic rings. The molecule has 1 aromatic carbocycles. The largest absolute Gasteiger partial charge is 0.481 e. The van der Waals surface area contributed by atoms with Crippen molar-refractivity contribution in [3.63, 3.8) is 0 Å². The highest BCUT2D eigenvalue weighted by Crippen LogP contribution is 2.26. The maximum Gasteiger partial charge on any atom is 0.305 e. The van der Waals surface area contributed by atoms with Crippen LogP contribution in [0.3, 0.4) is 0 Å². The zero-order valence-electron chi connectivity index (χ0n) is 10.7. The molecule has 0 saturated heterocycles. The Kier molecular flexibility index (Phi) is 2.79. The molecule has 0 aliphatic carbocycles. The fraction of sp³-hybridized carbons (Fsp3) is 0.143. The molecule has 0 atom stereocenters. The van der Waals surface area contributed by atoms with Crippen molar-refractivity contribution in [1.82, 2.24) is 14.4 Å². The maximum absolute atomic E-state index is 5.32. The van der Waals surface area contributed by atoms with E-state index in [2.05, 4.69) is 9.97 Å². The van der Waals surface area contributed by atoms with Gasteiger partial charge in [-0.3, -0.25) is 0 Å². The molecule has 5 nitrogen and oxygen atoms in total. The summed E-state index contributed by atoms with van der Waals surface area (Å²) in [4.78, 5) is 8.71. The third-order valence-electron chi connectivity index (χ3n) is 2.88. The van der Waals surface area contributed by atoms with Crippen molar-refractivity contribution in [2.45, 2.75) is 0 Å². The van der Waals surface area contributed by atoms with E-state index in [9.17, 15) is 0 Å². The third-order valence-corrected chi connectivity index (χ3v) is 2.88. The van der Waals surface area contributed by atoms with Gasteiger partial charge in [-0.15, -0.1) is 0 Å². The first-order valence-electron chi connectivity index (χ1n) is 5.85. The van der Waals surface area contributed by atoms with Gasteiger partial charge in [0, 0.05) is 11.6 Å². The fourth-order valence-corrected chi connectivity index (χ4v) is 2.00. The molecular weight excluding hydrogens is 242 g/mol. The number of ether oxygens (including phenoxy) is 2. The van der Waals surface area contributed by atoms with Crippen molar-refractivity contribution in [1.29, 1.82) is 0 Å². The van der Waals surface area contributed by atoms with Gasteiger partial charge in [0.05, 0.1) is 25.9 Å². The van der Waals surface area contributed by atoms with Gasteiger partial charge in [-0.2, -0.15) is 4.98 Å². The Morgan fingerprint density at radius 1 is 1.05 bits per heavy atom. The second kappa shape index (κ2) is 4.61. The molecule has 19 heavy (non-hydrogen) atoms. The van der Waals surface area contributed by atoms with Crippen molar-refractivity contribution in [2.24, 2.45) is 0 Å². The van der Waals surface area contributed by atoms with Crippen LogP contribution in [0.15, 0.2) is 42.6 Å². The van der Waals surface area contributed by atoms with E-state index < -0.39 is 0 Å². The SMILES string of the molecule is COc1cc2cnc(-c3ccccc3)n2c(OC)n1. The molecule has 96 valence electrons. The van der Waals surface area contributed by atoms with Crippen LogP contribution in [0.1, 0.15) is 0 Å². The second-order valence-electron chi connectivity index (χ2n) is 3.99. The normalized spacial score (nSPS) is 10.6. The van der Waals surface area contributed by atoms with Gasteiger partial charge in [0.25, 0.3) is 0 Å². The number of benzene rings is 1. The Bertz CT molecular complexity index is 707. The Labute approximate surface area is 110 Å². The van der Waals surface area contributed by atoms with Crippen molar-refractivity contribution in [3.8, 4) is 23.3 Å². The van der Waals surface area contributed by atoms with Crippen LogP contribution in [-0.2, 0) is 0 Å². The summed E-state index contributed by atoms with van der Waals surface area (Å²) < 4.78 is 12.3. The first kappa shape index (κ1) is 11.5. The Morgan fingerprint density at radius 2 is 1.84 bits per heavy atom. The first-order chi connectivity index (χ1) is 9.33. The maximum atomic E-state index is 5.32. The van der Waals surface area contributed by atoms with E-state index in [-0.39, 0.29) is 0 Å². The number of hydrogen-bond donors (Lipinski definition) is 0. The fourth-order valence-electron chi connectivity index (χ4n) is 2.00. The smallest absolute Gasteiger partial charge is 0.305 e. The van der Waals surface area contributed by atoms with Crippen LogP contribution in [0.25, 0.3) is 16.9 Å². The lowest BCUT2D eigenvalue weighted by Gasteiger charge is -2.08. The van der Waals surface area contributed by atoms with Crippen molar-refractivity contribution in [3.05, 3.63) is 42.6 Å². The van der Waals surface area contributed by atoms with Crippen LogP contribution in [0, 0.1) is 0 Å². The standard InChI is InChI=1S/C14H13N3O2/c1-18-12-8-11-9-15-13(10-6-4-3-5-7-10)17(11)14(16-12)19-2/h3-9H,1-2H3. The number of rotatable bonds is 3. The summed E-state index contributed by atoms with van der Waals surface area (Å²) in [5, 5.41) is 0. The molecule has 0 aliphatic rings. The number of imidazole rings is 1. The zero-order valence-corrected chi connectivity index (χ0v) is 10.7. The lowest BCUT2D eigenvalue weighted by Crippen LogP contribution is -2.01. The second-order valence-corrected chi connectivity index (χ2v) is 3.99. The van der Waals surface area contributed by atoms with Crippen LogP contribution in [0.2, 0.25) is 0 Å². The highest BCUT2D eigenvalue weighted by atomic mass is 16.5. The van der Waals surface area contributed by atoms with E-state index >= 15 is 0 Å². The molecular formula is C14H13N3O2. The van der Waals surface area contributed by atoms with Gasteiger partial charge in [0.1, 0.15) is 5.82 Å². The van der Waals surface area contributed by atoms with Crippen LogP contribution in [0.5, 0.6) is 11.9 Å². The predicted octanol–water partition coefficient (Wildman–Crippen LogP) is 2.41. The van der Waals surface area contributed by atoms with Crippen LogP contribution in [0.4, 0.5) is 0 Å². The molecule has 0 amide bonds. The summed E-state index contributed by atoms with van der Waals surface area (Å²) in [7, 11) is 3.16. The minimum Gasteiger partial charge on any atom is -0.481 e. The van der Waals surface area contributed by atoms with Gasteiger partial charge in [-0.05, 0) is 0 Å². The van der Waals surface area contributed by atoms with Crippen molar-refractivity contribution >= 4 is 5.52 Å². The molecule has 2 heterocycles. The Balaban J connectivity index is 2.28. The molecule has 0 bridgehead atoms. The number of hydrogen-bond acceptors (Lipinski definition) is 4. The quantitative estimate of drug-likeness (QED) is 0.721.